The third kappa shape index (κ3) is 7.73. The van der Waals surface area contributed by atoms with Gasteiger partial charge in [0, 0.05) is 41.5 Å². The molecule has 50 heavy (non-hydrogen) atoms. The van der Waals surface area contributed by atoms with Crippen LogP contribution in [-0.4, -0.2) is 37.7 Å². The normalized spacial score (nSPS) is 14.5. The summed E-state index contributed by atoms with van der Waals surface area (Å²) < 4.78 is 16.1. The number of phenolic OH excluding ortho intramolecular Hbond substituents is 2. The second-order valence-electron chi connectivity index (χ2n) is 13.6. The van der Waals surface area contributed by atoms with Gasteiger partial charge < -0.3 is 28.7 Å². The van der Waals surface area contributed by atoms with Crippen molar-refractivity contribution >= 4 is 50.3 Å². The number of halogens is 1. The molecule has 3 heterocycles. The van der Waals surface area contributed by atoms with Crippen molar-refractivity contribution < 1.29 is 19.5 Å². The van der Waals surface area contributed by atoms with Crippen LogP contribution in [0.15, 0.2) is 111 Å². The number of pyridine rings is 2. The average Bonchev–Trinajstić information content (AvgIpc) is 3.29. The van der Waals surface area contributed by atoms with Crippen LogP contribution in [0.3, 0.4) is 0 Å². The molecule has 1 saturated heterocycles. The summed E-state index contributed by atoms with van der Waals surface area (Å²) in [6.07, 6.45) is 0. The van der Waals surface area contributed by atoms with E-state index in [0.717, 1.165) is 54.0 Å². The molecule has 0 amide bonds. The van der Waals surface area contributed by atoms with Gasteiger partial charge in [-0.25, -0.2) is 0 Å². The summed E-state index contributed by atoms with van der Waals surface area (Å²) in [5.41, 5.74) is 6.24. The molecule has 258 valence electrons. The molecule has 0 saturated carbocycles. The Hall–Kier alpha value is -4.64. The molecule has 1 fully saturated rings. The van der Waals surface area contributed by atoms with Crippen LogP contribution in [0.1, 0.15) is 38.8 Å². The van der Waals surface area contributed by atoms with Crippen molar-refractivity contribution in [2.45, 2.75) is 52.7 Å². The first kappa shape index (κ1) is 36.6. The fourth-order valence-electron chi connectivity index (χ4n) is 5.66. The van der Waals surface area contributed by atoms with Crippen LogP contribution in [-0.2, 0) is 23.4 Å². The number of aryl methyl sites for hydroxylation is 4. The average molecular weight is 738 g/mol. The summed E-state index contributed by atoms with van der Waals surface area (Å²) in [6.45, 7) is 12.0. The number of hydrogen-bond acceptors (Lipinski definition) is 6. The second-order valence-corrected chi connectivity index (χ2v) is 14.5. The lowest BCUT2D eigenvalue weighted by Gasteiger charge is -2.32. The molecule has 0 aliphatic carbocycles. The Balaban J connectivity index is 0.000000148. The molecule has 0 radical (unpaired) electrons. The maximum absolute atomic E-state index is 11.9. The van der Waals surface area contributed by atoms with E-state index in [1.165, 1.54) is 0 Å². The molecule has 7 rings (SSSR count). The van der Waals surface area contributed by atoms with Crippen molar-refractivity contribution in [3.63, 3.8) is 0 Å². The maximum Gasteiger partial charge on any atom is 0.494 e. The van der Waals surface area contributed by atoms with Gasteiger partial charge in [0.2, 0.25) is 0 Å². The topological polar surface area (TPSA) is 103 Å². The predicted molar refractivity (Wildman–Crippen MR) is 206 cm³/mol. The van der Waals surface area contributed by atoms with E-state index in [1.54, 1.807) is 59.6 Å². The van der Waals surface area contributed by atoms with Gasteiger partial charge >= 0.3 is 7.12 Å². The highest BCUT2D eigenvalue weighted by Crippen LogP contribution is 2.36. The number of aromatic hydroxyl groups is 2. The fraction of sp³-hybridized carbons (Fsp3) is 0.250. The Morgan fingerprint density at radius 3 is 1.52 bits per heavy atom. The van der Waals surface area contributed by atoms with E-state index in [4.69, 9.17) is 9.31 Å². The largest absolute Gasteiger partial charge is 0.508 e. The molecular formula is C40H42BBrN2O6. The minimum absolute atomic E-state index is 0.00199. The van der Waals surface area contributed by atoms with E-state index in [-0.39, 0.29) is 40.9 Å². The Morgan fingerprint density at radius 1 is 0.600 bits per heavy atom. The standard InChI is InChI=1S/C17H15NO2.C12H17BO3.C11H10BrNO/c1-11-9-17(20)18(2)16-10-13(5-8-15(11)16)12-3-6-14(19)7-4-12;1-11(2)12(3,4)16-13(15-11)9-5-7-10(14)8-6-9;1-7-5-11(14)13(2)10-6-8(12)3-4-9(7)10/h3-10,19H,1-2H3;5-8,14H,1-4H3;3-6H,1-2H3. The van der Waals surface area contributed by atoms with Gasteiger partial charge in [-0.2, -0.15) is 0 Å². The minimum atomic E-state index is -0.356. The summed E-state index contributed by atoms with van der Waals surface area (Å²) in [4.78, 5) is 23.4. The van der Waals surface area contributed by atoms with Gasteiger partial charge in [-0.3, -0.25) is 9.59 Å². The Kier molecular flexibility index (Phi) is 10.5. The van der Waals surface area contributed by atoms with Crippen molar-refractivity contribution in [3.05, 3.63) is 133 Å². The van der Waals surface area contributed by atoms with E-state index in [0.29, 0.717) is 0 Å². The van der Waals surface area contributed by atoms with E-state index < -0.39 is 0 Å². The smallest absolute Gasteiger partial charge is 0.494 e. The van der Waals surface area contributed by atoms with E-state index in [1.807, 2.05) is 102 Å². The zero-order valence-corrected chi connectivity index (χ0v) is 31.2. The van der Waals surface area contributed by atoms with E-state index in [2.05, 4.69) is 15.9 Å². The Labute approximate surface area is 300 Å². The maximum atomic E-state index is 11.9. The molecule has 4 aromatic carbocycles. The van der Waals surface area contributed by atoms with Crippen molar-refractivity contribution in [3.8, 4) is 22.6 Å². The number of fused-ring (bicyclic) bond motifs is 2. The number of benzene rings is 4. The molecule has 2 N–H and O–H groups in total. The van der Waals surface area contributed by atoms with Gasteiger partial charge in [0.1, 0.15) is 11.5 Å². The lowest BCUT2D eigenvalue weighted by atomic mass is 9.79. The second kappa shape index (κ2) is 14.3. The molecule has 2 aromatic heterocycles. The SMILES string of the molecule is CC1(C)OB(c2ccc(O)cc2)OC1(C)C.Cc1cc(=O)n(C)c2cc(-c3ccc(O)cc3)ccc12.Cc1cc(=O)n(C)c2cc(Br)ccc12. The predicted octanol–water partition coefficient (Wildman–Crippen LogP) is 7.52. The molecular weight excluding hydrogens is 695 g/mol. The summed E-state index contributed by atoms with van der Waals surface area (Å²) >= 11 is 3.40. The first-order chi connectivity index (χ1) is 23.5. The molecule has 0 unspecified atom stereocenters. The van der Waals surface area contributed by atoms with Gasteiger partial charge in [0.05, 0.1) is 22.2 Å². The highest BCUT2D eigenvalue weighted by Gasteiger charge is 2.51. The number of aromatic nitrogens is 2. The van der Waals surface area contributed by atoms with Crippen LogP contribution in [0.5, 0.6) is 11.5 Å². The summed E-state index contributed by atoms with van der Waals surface area (Å²) in [5.74, 6) is 0.498. The van der Waals surface area contributed by atoms with Crippen molar-refractivity contribution in [2.24, 2.45) is 14.1 Å². The third-order valence-electron chi connectivity index (χ3n) is 9.49. The van der Waals surface area contributed by atoms with Crippen LogP contribution in [0, 0.1) is 13.8 Å². The lowest BCUT2D eigenvalue weighted by molar-refractivity contribution is 0.00578. The van der Waals surface area contributed by atoms with E-state index in [9.17, 15) is 19.8 Å². The Bertz CT molecular complexity index is 2280. The third-order valence-corrected chi connectivity index (χ3v) is 9.98. The zero-order chi connectivity index (χ0) is 36.5. The molecule has 8 nitrogen and oxygen atoms in total. The van der Waals surface area contributed by atoms with Gasteiger partial charge in [0.25, 0.3) is 11.1 Å². The van der Waals surface area contributed by atoms with E-state index >= 15 is 0 Å². The van der Waals surface area contributed by atoms with Gasteiger partial charge in [-0.15, -0.1) is 0 Å². The van der Waals surface area contributed by atoms with Crippen molar-refractivity contribution in [1.29, 1.82) is 0 Å². The summed E-state index contributed by atoms with van der Waals surface area (Å²) in [5, 5.41) is 20.8. The molecule has 10 heteroatoms. The highest BCUT2D eigenvalue weighted by atomic mass is 79.9. The lowest BCUT2D eigenvalue weighted by Crippen LogP contribution is -2.41. The highest BCUT2D eigenvalue weighted by molar-refractivity contribution is 9.10. The monoisotopic (exact) mass is 736 g/mol. The zero-order valence-electron chi connectivity index (χ0n) is 29.6. The van der Waals surface area contributed by atoms with Gasteiger partial charge in [-0.05, 0) is 112 Å². The van der Waals surface area contributed by atoms with Crippen LogP contribution in [0.2, 0.25) is 0 Å². The van der Waals surface area contributed by atoms with Crippen LogP contribution in [0.25, 0.3) is 32.9 Å². The van der Waals surface area contributed by atoms with Crippen LogP contribution in [0.4, 0.5) is 0 Å². The number of rotatable bonds is 2. The van der Waals surface area contributed by atoms with Crippen molar-refractivity contribution in [1.82, 2.24) is 9.13 Å². The first-order valence-corrected chi connectivity index (χ1v) is 17.1. The number of phenols is 2. The fourth-order valence-corrected chi connectivity index (χ4v) is 6.01. The quantitative estimate of drug-likeness (QED) is 0.178. The number of hydrogen-bond donors (Lipinski definition) is 2. The molecule has 0 bridgehead atoms. The van der Waals surface area contributed by atoms with Crippen LogP contribution >= 0.6 is 15.9 Å². The number of nitrogens with zero attached hydrogens (tertiary/aromatic N) is 2. The van der Waals surface area contributed by atoms with Gasteiger partial charge in [0.15, 0.2) is 0 Å². The molecule has 1 aliphatic rings. The Morgan fingerprint density at radius 2 is 1.02 bits per heavy atom. The van der Waals surface area contributed by atoms with Crippen molar-refractivity contribution in [2.75, 3.05) is 0 Å². The first-order valence-electron chi connectivity index (χ1n) is 16.3. The van der Waals surface area contributed by atoms with Gasteiger partial charge in [-0.1, -0.05) is 58.4 Å². The molecule has 6 aromatic rings. The molecule has 0 atom stereocenters. The summed E-state index contributed by atoms with van der Waals surface area (Å²) in [7, 11) is 3.21. The minimum Gasteiger partial charge on any atom is -0.508 e. The summed E-state index contributed by atoms with van der Waals surface area (Å²) in [6, 6.07) is 29.3. The molecule has 0 spiro atoms. The van der Waals surface area contributed by atoms with Crippen LogP contribution < -0.4 is 16.6 Å². The molecule has 1 aliphatic heterocycles.